The minimum atomic E-state index is -0.908. The highest BCUT2D eigenvalue weighted by Crippen LogP contribution is 2.30. The number of hydrogen-bond acceptors (Lipinski definition) is 4. The molecule has 1 N–H and O–H groups in total. The second-order valence-electron chi connectivity index (χ2n) is 5.57. The maximum absolute atomic E-state index is 13.7. The van der Waals surface area contributed by atoms with Crippen molar-refractivity contribution in [2.24, 2.45) is 0 Å². The minimum Gasteiger partial charge on any atom is -0.493 e. The van der Waals surface area contributed by atoms with E-state index in [-0.39, 0.29) is 5.56 Å². The molecule has 1 amide bonds. The number of carbonyl (C=O) groups excluding carboxylic acids is 1. The number of amides is 1. The summed E-state index contributed by atoms with van der Waals surface area (Å²) >= 11 is 0. The number of hydrogen-bond donors (Lipinski definition) is 1. The van der Waals surface area contributed by atoms with Gasteiger partial charge in [0.15, 0.2) is 11.5 Å². The Kier molecular flexibility index (Phi) is 6.91. The van der Waals surface area contributed by atoms with Gasteiger partial charge in [-0.25, -0.2) is 8.78 Å². The van der Waals surface area contributed by atoms with Gasteiger partial charge in [0.2, 0.25) is 0 Å². The molecule has 0 heterocycles. The lowest BCUT2D eigenvalue weighted by molar-refractivity contribution is 0.0935. The van der Waals surface area contributed by atoms with Gasteiger partial charge in [-0.2, -0.15) is 0 Å². The van der Waals surface area contributed by atoms with Crippen molar-refractivity contribution >= 4 is 5.91 Å². The van der Waals surface area contributed by atoms with Crippen LogP contribution >= 0.6 is 0 Å². The summed E-state index contributed by atoms with van der Waals surface area (Å²) in [4.78, 5) is 12.2. The zero-order valence-electron chi connectivity index (χ0n) is 14.8. The van der Waals surface area contributed by atoms with Crippen molar-refractivity contribution < 1.29 is 27.8 Å². The molecule has 140 valence electrons. The quantitative estimate of drug-likeness (QED) is 0.728. The van der Waals surface area contributed by atoms with Crippen LogP contribution in [0.3, 0.4) is 0 Å². The maximum atomic E-state index is 13.7. The van der Waals surface area contributed by atoms with E-state index >= 15 is 0 Å². The van der Waals surface area contributed by atoms with Gasteiger partial charge in [0.25, 0.3) is 5.91 Å². The van der Waals surface area contributed by atoms with Gasteiger partial charge in [0, 0.05) is 13.2 Å². The molecule has 0 bridgehead atoms. The maximum Gasteiger partial charge on any atom is 0.254 e. The third-order valence-electron chi connectivity index (χ3n) is 3.76. The Morgan fingerprint density at radius 3 is 2.50 bits per heavy atom. The van der Waals surface area contributed by atoms with Crippen LogP contribution in [0.2, 0.25) is 0 Å². The zero-order valence-corrected chi connectivity index (χ0v) is 14.8. The number of benzene rings is 2. The third-order valence-corrected chi connectivity index (χ3v) is 3.76. The lowest BCUT2D eigenvalue weighted by atomic mass is 10.1. The van der Waals surface area contributed by atoms with Gasteiger partial charge >= 0.3 is 0 Å². The number of rotatable bonds is 8. The van der Waals surface area contributed by atoms with E-state index in [0.29, 0.717) is 30.8 Å². The first kappa shape index (κ1) is 19.7. The van der Waals surface area contributed by atoms with Crippen molar-refractivity contribution in [2.75, 3.05) is 27.4 Å². The molecule has 0 fully saturated rings. The molecule has 5 nitrogen and oxygen atoms in total. The third kappa shape index (κ3) is 4.92. The van der Waals surface area contributed by atoms with Crippen molar-refractivity contribution in [2.45, 2.75) is 13.0 Å². The van der Waals surface area contributed by atoms with Crippen LogP contribution in [0.1, 0.15) is 28.9 Å². The van der Waals surface area contributed by atoms with Crippen molar-refractivity contribution in [3.05, 3.63) is 59.2 Å². The van der Waals surface area contributed by atoms with Crippen molar-refractivity contribution in [3.8, 4) is 11.5 Å². The molecule has 0 saturated heterocycles. The Morgan fingerprint density at radius 1 is 1.08 bits per heavy atom. The molecule has 0 radical (unpaired) electrons. The Hall–Kier alpha value is -2.67. The van der Waals surface area contributed by atoms with Gasteiger partial charge in [-0.05, 0) is 36.8 Å². The fourth-order valence-corrected chi connectivity index (χ4v) is 2.34. The average molecular weight is 365 g/mol. The molecule has 0 aliphatic rings. The van der Waals surface area contributed by atoms with E-state index in [4.69, 9.17) is 14.2 Å². The normalized spacial score (nSPS) is 11.7. The summed E-state index contributed by atoms with van der Waals surface area (Å²) in [7, 11) is 3.09. The molecule has 7 heteroatoms. The van der Waals surface area contributed by atoms with E-state index in [1.165, 1.54) is 7.11 Å². The zero-order chi connectivity index (χ0) is 19.1. The summed E-state index contributed by atoms with van der Waals surface area (Å²) in [6.45, 7) is 2.57. The number of carbonyl (C=O) groups is 1. The van der Waals surface area contributed by atoms with Crippen molar-refractivity contribution in [1.82, 2.24) is 5.32 Å². The Labute approximate surface area is 150 Å². The monoisotopic (exact) mass is 365 g/mol. The summed E-state index contributed by atoms with van der Waals surface area (Å²) in [5, 5.41) is 2.68. The predicted octanol–water partition coefficient (Wildman–Crippen LogP) is 3.49. The lowest BCUT2D eigenvalue weighted by Gasteiger charge is -2.17. The molecule has 2 aromatic carbocycles. The van der Waals surface area contributed by atoms with E-state index in [0.717, 1.165) is 17.7 Å². The highest BCUT2D eigenvalue weighted by Gasteiger charge is 2.17. The first-order valence-corrected chi connectivity index (χ1v) is 8.01. The van der Waals surface area contributed by atoms with Crippen molar-refractivity contribution in [3.63, 3.8) is 0 Å². The van der Waals surface area contributed by atoms with Crippen LogP contribution in [-0.2, 0) is 4.74 Å². The topological polar surface area (TPSA) is 56.8 Å². The molecule has 2 rings (SSSR count). The van der Waals surface area contributed by atoms with E-state index < -0.39 is 23.6 Å². The fourth-order valence-electron chi connectivity index (χ4n) is 2.34. The first-order valence-electron chi connectivity index (χ1n) is 8.01. The van der Waals surface area contributed by atoms with Crippen LogP contribution in [0.15, 0.2) is 36.4 Å². The fraction of sp³-hybridized carbons (Fsp3) is 0.316. The van der Waals surface area contributed by atoms with E-state index in [2.05, 4.69) is 5.32 Å². The van der Waals surface area contributed by atoms with Gasteiger partial charge in [0.1, 0.15) is 18.2 Å². The summed E-state index contributed by atoms with van der Waals surface area (Å²) in [5.41, 5.74) is 0.529. The summed E-state index contributed by atoms with van der Waals surface area (Å²) < 4.78 is 42.5. The minimum absolute atomic E-state index is 0.218. The van der Waals surface area contributed by atoms with Gasteiger partial charge in [-0.1, -0.05) is 6.07 Å². The van der Waals surface area contributed by atoms with Crippen LogP contribution in [0.25, 0.3) is 0 Å². The van der Waals surface area contributed by atoms with Gasteiger partial charge in [0.05, 0.1) is 25.3 Å². The molecule has 0 aliphatic carbocycles. The standard InChI is InChI=1S/C19H21F2NO4/c1-12(22-19(23)15-6-5-14(20)11-16(15)21)13-4-7-17(18(10-13)25-3)26-9-8-24-2/h4-7,10-12H,8-9H2,1-3H3,(H,22,23)/t12-/m0/s1. The summed E-state index contributed by atoms with van der Waals surface area (Å²) in [6, 6.07) is 7.64. The SMILES string of the molecule is COCCOc1ccc([C@H](C)NC(=O)c2ccc(F)cc2F)cc1OC. The second-order valence-corrected chi connectivity index (χ2v) is 5.57. The number of methoxy groups -OCH3 is 2. The van der Waals surface area contributed by atoms with E-state index in [1.807, 2.05) is 0 Å². The number of ether oxygens (including phenoxy) is 3. The lowest BCUT2D eigenvalue weighted by Crippen LogP contribution is -2.27. The van der Waals surface area contributed by atoms with Crippen LogP contribution in [0, 0.1) is 11.6 Å². The first-order chi connectivity index (χ1) is 12.5. The largest absolute Gasteiger partial charge is 0.493 e. The molecule has 1 atom stereocenters. The van der Waals surface area contributed by atoms with Crippen LogP contribution in [0.5, 0.6) is 11.5 Å². The molecular formula is C19H21F2NO4. The Morgan fingerprint density at radius 2 is 1.85 bits per heavy atom. The molecular weight excluding hydrogens is 344 g/mol. The van der Waals surface area contributed by atoms with Crippen LogP contribution < -0.4 is 14.8 Å². The number of halogens is 2. The molecule has 2 aromatic rings. The molecule has 0 spiro atoms. The molecule has 0 saturated carbocycles. The van der Waals surface area contributed by atoms with Crippen LogP contribution in [-0.4, -0.2) is 33.3 Å². The van der Waals surface area contributed by atoms with Gasteiger partial charge in [-0.15, -0.1) is 0 Å². The molecule has 26 heavy (non-hydrogen) atoms. The molecule has 0 unspecified atom stereocenters. The highest BCUT2D eigenvalue weighted by molar-refractivity contribution is 5.94. The second kappa shape index (κ2) is 9.15. The van der Waals surface area contributed by atoms with E-state index in [9.17, 15) is 13.6 Å². The summed E-state index contributed by atoms with van der Waals surface area (Å²) in [6.07, 6.45) is 0. The van der Waals surface area contributed by atoms with Gasteiger partial charge in [-0.3, -0.25) is 4.79 Å². The number of nitrogens with one attached hydrogen (secondary N) is 1. The highest BCUT2D eigenvalue weighted by atomic mass is 19.1. The van der Waals surface area contributed by atoms with Gasteiger partial charge < -0.3 is 19.5 Å². The Bertz CT molecular complexity index is 767. The van der Waals surface area contributed by atoms with E-state index in [1.54, 1.807) is 32.2 Å². The summed E-state index contributed by atoms with van der Waals surface area (Å²) in [5.74, 6) is -1.21. The van der Waals surface area contributed by atoms with Crippen LogP contribution in [0.4, 0.5) is 8.78 Å². The Balaban J connectivity index is 2.10. The average Bonchev–Trinajstić information content (AvgIpc) is 2.61. The molecule has 0 aliphatic heterocycles. The van der Waals surface area contributed by atoms with Crippen molar-refractivity contribution in [1.29, 1.82) is 0 Å². The predicted molar refractivity (Wildman–Crippen MR) is 92.6 cm³/mol. The smallest absolute Gasteiger partial charge is 0.254 e. The molecule has 0 aromatic heterocycles.